The number of pyridine rings is 1. The Hall–Kier alpha value is -2.41. The molecule has 2 aromatic heterocycles. The SMILES string of the molecule is Cc1nn(C)c(C)c1C=C(C#N)c1ccccn1. The molecular formula is C14H14N4. The number of allylic oxidation sites excluding steroid dienone is 1. The van der Waals surface area contributed by atoms with Gasteiger partial charge in [0.2, 0.25) is 0 Å². The molecule has 0 amide bonds. The first kappa shape index (κ1) is 12.1. The lowest BCUT2D eigenvalue weighted by Crippen LogP contribution is -1.92. The molecule has 0 radical (unpaired) electrons. The third-order valence-corrected chi connectivity index (χ3v) is 2.91. The van der Waals surface area contributed by atoms with Gasteiger partial charge < -0.3 is 0 Å². The molecule has 0 bridgehead atoms. The monoisotopic (exact) mass is 238 g/mol. The average Bonchev–Trinajstić information content (AvgIpc) is 2.62. The lowest BCUT2D eigenvalue weighted by atomic mass is 10.1. The number of hydrogen-bond donors (Lipinski definition) is 0. The minimum absolute atomic E-state index is 0.551. The second-order valence-corrected chi connectivity index (χ2v) is 4.09. The fourth-order valence-electron chi connectivity index (χ4n) is 1.83. The van der Waals surface area contributed by atoms with E-state index in [1.54, 1.807) is 6.20 Å². The number of rotatable bonds is 2. The van der Waals surface area contributed by atoms with Crippen molar-refractivity contribution in [2.75, 3.05) is 0 Å². The summed E-state index contributed by atoms with van der Waals surface area (Å²) in [6.45, 7) is 3.92. The van der Waals surface area contributed by atoms with E-state index in [4.69, 9.17) is 0 Å². The molecule has 0 saturated carbocycles. The zero-order valence-corrected chi connectivity index (χ0v) is 10.7. The highest BCUT2D eigenvalue weighted by Gasteiger charge is 2.09. The van der Waals surface area contributed by atoms with Crippen LogP contribution in [0.2, 0.25) is 0 Å². The fourth-order valence-corrected chi connectivity index (χ4v) is 1.83. The van der Waals surface area contributed by atoms with Crippen LogP contribution in [-0.4, -0.2) is 14.8 Å². The Kier molecular flexibility index (Phi) is 3.24. The molecule has 0 fully saturated rings. The summed E-state index contributed by atoms with van der Waals surface area (Å²) in [5.74, 6) is 0. The topological polar surface area (TPSA) is 54.5 Å². The zero-order chi connectivity index (χ0) is 13.1. The predicted octanol–water partition coefficient (Wildman–Crippen LogP) is 2.50. The van der Waals surface area contributed by atoms with Gasteiger partial charge in [0.15, 0.2) is 0 Å². The highest BCUT2D eigenvalue weighted by molar-refractivity contribution is 5.89. The summed E-state index contributed by atoms with van der Waals surface area (Å²) in [7, 11) is 1.90. The molecule has 4 nitrogen and oxygen atoms in total. The van der Waals surface area contributed by atoms with Gasteiger partial charge >= 0.3 is 0 Å². The molecule has 0 unspecified atom stereocenters. The standard InChI is InChI=1S/C14H14N4/c1-10-13(11(2)18(3)17-10)8-12(9-15)14-6-4-5-7-16-14/h4-8H,1-3H3. The lowest BCUT2D eigenvalue weighted by molar-refractivity contribution is 0.731. The molecule has 0 aliphatic rings. The second kappa shape index (κ2) is 4.84. The van der Waals surface area contributed by atoms with Crippen LogP contribution in [0.3, 0.4) is 0 Å². The second-order valence-electron chi connectivity index (χ2n) is 4.09. The summed E-state index contributed by atoms with van der Waals surface area (Å²) >= 11 is 0. The summed E-state index contributed by atoms with van der Waals surface area (Å²) in [6.07, 6.45) is 3.53. The van der Waals surface area contributed by atoms with Crippen LogP contribution in [0.25, 0.3) is 11.6 Å². The van der Waals surface area contributed by atoms with Gasteiger partial charge in [0, 0.05) is 24.5 Å². The molecule has 0 aromatic carbocycles. The van der Waals surface area contributed by atoms with Crippen molar-refractivity contribution in [1.82, 2.24) is 14.8 Å². The van der Waals surface area contributed by atoms with Gasteiger partial charge in [-0.3, -0.25) is 9.67 Å². The molecule has 0 saturated heterocycles. The van der Waals surface area contributed by atoms with Crippen molar-refractivity contribution in [2.45, 2.75) is 13.8 Å². The minimum atomic E-state index is 0.551. The van der Waals surface area contributed by atoms with Crippen LogP contribution in [0.1, 0.15) is 22.6 Å². The van der Waals surface area contributed by atoms with Gasteiger partial charge in [0.05, 0.1) is 17.0 Å². The molecule has 0 N–H and O–H groups in total. The smallest absolute Gasteiger partial charge is 0.101 e. The van der Waals surface area contributed by atoms with E-state index in [2.05, 4.69) is 16.2 Å². The van der Waals surface area contributed by atoms with Gasteiger partial charge in [-0.25, -0.2) is 0 Å². The Bertz CT molecular complexity index is 630. The van der Waals surface area contributed by atoms with E-state index in [0.717, 1.165) is 17.0 Å². The van der Waals surface area contributed by atoms with Crippen molar-refractivity contribution in [2.24, 2.45) is 7.05 Å². The molecule has 90 valence electrons. The van der Waals surface area contributed by atoms with E-state index in [9.17, 15) is 5.26 Å². The average molecular weight is 238 g/mol. The maximum absolute atomic E-state index is 9.24. The molecule has 0 atom stereocenters. The number of aryl methyl sites for hydroxylation is 2. The van der Waals surface area contributed by atoms with Crippen LogP contribution in [-0.2, 0) is 7.05 Å². The van der Waals surface area contributed by atoms with Crippen molar-refractivity contribution >= 4 is 11.6 Å². The Balaban J connectivity index is 2.52. The Labute approximate surface area is 106 Å². The highest BCUT2D eigenvalue weighted by atomic mass is 15.3. The number of nitrogens with zero attached hydrogens (tertiary/aromatic N) is 4. The Morgan fingerprint density at radius 1 is 1.39 bits per heavy atom. The molecule has 18 heavy (non-hydrogen) atoms. The maximum Gasteiger partial charge on any atom is 0.101 e. The first-order valence-corrected chi connectivity index (χ1v) is 5.67. The normalized spacial score (nSPS) is 11.3. The summed E-state index contributed by atoms with van der Waals surface area (Å²) in [5.41, 5.74) is 4.17. The Morgan fingerprint density at radius 2 is 2.17 bits per heavy atom. The molecule has 2 aromatic rings. The van der Waals surface area contributed by atoms with E-state index >= 15 is 0 Å². The summed E-state index contributed by atoms with van der Waals surface area (Å²) < 4.78 is 1.81. The van der Waals surface area contributed by atoms with Crippen molar-refractivity contribution in [3.63, 3.8) is 0 Å². The van der Waals surface area contributed by atoms with Crippen LogP contribution >= 0.6 is 0 Å². The van der Waals surface area contributed by atoms with E-state index < -0.39 is 0 Å². The molecule has 2 rings (SSSR count). The highest BCUT2D eigenvalue weighted by Crippen LogP contribution is 2.20. The summed E-state index contributed by atoms with van der Waals surface area (Å²) in [4.78, 5) is 4.19. The predicted molar refractivity (Wildman–Crippen MR) is 70.4 cm³/mol. The third kappa shape index (κ3) is 2.16. The van der Waals surface area contributed by atoms with Crippen LogP contribution in [0.15, 0.2) is 24.4 Å². The molecule has 4 heteroatoms. The van der Waals surface area contributed by atoms with Crippen molar-refractivity contribution in [3.8, 4) is 6.07 Å². The van der Waals surface area contributed by atoms with Gasteiger partial charge in [-0.2, -0.15) is 10.4 Å². The van der Waals surface area contributed by atoms with Crippen LogP contribution < -0.4 is 0 Å². The molecule has 2 heterocycles. The van der Waals surface area contributed by atoms with Crippen molar-refractivity contribution < 1.29 is 0 Å². The molecule has 0 aliphatic carbocycles. The Morgan fingerprint density at radius 3 is 2.67 bits per heavy atom. The van der Waals surface area contributed by atoms with Crippen LogP contribution in [0.5, 0.6) is 0 Å². The zero-order valence-electron chi connectivity index (χ0n) is 10.7. The van der Waals surface area contributed by atoms with Gasteiger partial charge in [0.25, 0.3) is 0 Å². The van der Waals surface area contributed by atoms with Crippen LogP contribution in [0, 0.1) is 25.2 Å². The van der Waals surface area contributed by atoms with Gasteiger partial charge in [0.1, 0.15) is 6.07 Å². The van der Waals surface area contributed by atoms with E-state index in [-0.39, 0.29) is 0 Å². The summed E-state index contributed by atoms with van der Waals surface area (Å²) in [6, 6.07) is 7.73. The molecular weight excluding hydrogens is 224 g/mol. The number of aromatic nitrogens is 3. The lowest BCUT2D eigenvalue weighted by Gasteiger charge is -1.99. The van der Waals surface area contributed by atoms with E-state index in [0.29, 0.717) is 11.3 Å². The first-order valence-electron chi connectivity index (χ1n) is 5.67. The van der Waals surface area contributed by atoms with Crippen LogP contribution in [0.4, 0.5) is 0 Å². The fraction of sp³-hybridized carbons (Fsp3) is 0.214. The minimum Gasteiger partial charge on any atom is -0.272 e. The third-order valence-electron chi connectivity index (χ3n) is 2.91. The van der Waals surface area contributed by atoms with Crippen molar-refractivity contribution in [1.29, 1.82) is 5.26 Å². The van der Waals surface area contributed by atoms with E-state index in [1.807, 2.05) is 49.9 Å². The van der Waals surface area contributed by atoms with Gasteiger partial charge in [-0.05, 0) is 32.1 Å². The quantitative estimate of drug-likeness (QED) is 0.755. The largest absolute Gasteiger partial charge is 0.272 e. The summed E-state index contributed by atoms with van der Waals surface area (Å²) in [5, 5.41) is 13.6. The molecule has 0 spiro atoms. The number of hydrogen-bond acceptors (Lipinski definition) is 3. The maximum atomic E-state index is 9.24. The van der Waals surface area contributed by atoms with Gasteiger partial charge in [-0.15, -0.1) is 0 Å². The number of nitriles is 1. The van der Waals surface area contributed by atoms with E-state index in [1.165, 1.54) is 0 Å². The molecule has 0 aliphatic heterocycles. The van der Waals surface area contributed by atoms with Gasteiger partial charge in [-0.1, -0.05) is 6.07 Å². The van der Waals surface area contributed by atoms with Crippen molar-refractivity contribution in [3.05, 3.63) is 47.0 Å². The first-order chi connectivity index (χ1) is 8.63.